The summed E-state index contributed by atoms with van der Waals surface area (Å²) in [4.78, 5) is 4.03. The number of aromatic hydroxyl groups is 1. The van der Waals surface area contributed by atoms with Gasteiger partial charge in [-0.25, -0.2) is 0 Å². The fourth-order valence-corrected chi connectivity index (χ4v) is 0.997. The average molecular weight is 166 g/mol. The van der Waals surface area contributed by atoms with Crippen LogP contribution in [0.3, 0.4) is 0 Å². The molecule has 0 aliphatic rings. The van der Waals surface area contributed by atoms with Gasteiger partial charge in [0.1, 0.15) is 5.75 Å². The topological polar surface area (TPSA) is 59.1 Å². The van der Waals surface area contributed by atoms with Crippen molar-refractivity contribution in [3.63, 3.8) is 0 Å². The monoisotopic (exact) mass is 166 g/mol. The van der Waals surface area contributed by atoms with Gasteiger partial charge in [0.15, 0.2) is 0 Å². The molecule has 3 N–H and O–H groups in total. The van der Waals surface area contributed by atoms with E-state index >= 15 is 0 Å². The third-order valence-electron chi connectivity index (χ3n) is 1.49. The van der Waals surface area contributed by atoms with Gasteiger partial charge in [0.25, 0.3) is 0 Å². The summed E-state index contributed by atoms with van der Waals surface area (Å²) in [5, 5.41) is 9.36. The molecule has 0 radical (unpaired) electrons. The molecule has 0 aliphatic heterocycles. The fraction of sp³-hybridized carbons (Fsp3) is 0.444. The zero-order chi connectivity index (χ0) is 9.19. The number of hydrogen-bond donors (Lipinski definition) is 2. The van der Waals surface area contributed by atoms with Gasteiger partial charge in [-0.15, -0.1) is 0 Å². The number of pyridine rings is 1. The first-order chi connectivity index (χ1) is 5.49. The summed E-state index contributed by atoms with van der Waals surface area (Å²) in [5.41, 5.74) is 6.12. The van der Waals surface area contributed by atoms with Gasteiger partial charge in [-0.1, -0.05) is 0 Å². The number of aromatic nitrogens is 1. The highest BCUT2D eigenvalue weighted by molar-refractivity contribution is 5.26. The first-order valence-corrected chi connectivity index (χ1v) is 3.91. The molecule has 0 aliphatic carbocycles. The Balaban J connectivity index is 2.83. The first kappa shape index (κ1) is 9.00. The summed E-state index contributed by atoms with van der Waals surface area (Å²) in [6.45, 7) is 3.81. The maximum atomic E-state index is 9.36. The van der Waals surface area contributed by atoms with Crippen LogP contribution >= 0.6 is 0 Å². The Kier molecular flexibility index (Phi) is 2.33. The van der Waals surface area contributed by atoms with Crippen LogP contribution in [0.1, 0.15) is 19.5 Å². The van der Waals surface area contributed by atoms with E-state index in [9.17, 15) is 5.11 Å². The molecule has 0 spiro atoms. The first-order valence-electron chi connectivity index (χ1n) is 3.91. The number of hydrogen-bond acceptors (Lipinski definition) is 3. The molecule has 12 heavy (non-hydrogen) atoms. The van der Waals surface area contributed by atoms with Gasteiger partial charge < -0.3 is 10.8 Å². The van der Waals surface area contributed by atoms with Crippen molar-refractivity contribution in [1.82, 2.24) is 4.98 Å². The third kappa shape index (κ3) is 2.51. The van der Waals surface area contributed by atoms with E-state index in [1.165, 1.54) is 0 Å². The molecule has 1 aromatic heterocycles. The van der Waals surface area contributed by atoms with E-state index in [1.807, 2.05) is 13.8 Å². The molecular formula is C9H14N2O. The highest BCUT2D eigenvalue weighted by Crippen LogP contribution is 2.17. The molecule has 0 unspecified atom stereocenters. The Labute approximate surface area is 72.2 Å². The number of nitrogens with two attached hydrogens (primary N) is 1. The maximum absolute atomic E-state index is 9.36. The second-order valence-corrected chi connectivity index (χ2v) is 3.63. The standard InChI is InChI=1S/C9H14N2O/c1-9(2,10)6-7-8(12)4-3-5-11-7/h3-5,12H,6,10H2,1-2H3. The SMILES string of the molecule is CC(C)(N)Cc1ncccc1O. The Bertz CT molecular complexity index is 265. The van der Waals surface area contributed by atoms with Crippen molar-refractivity contribution in [1.29, 1.82) is 0 Å². The molecule has 1 heterocycles. The predicted molar refractivity (Wildman–Crippen MR) is 47.9 cm³/mol. The van der Waals surface area contributed by atoms with E-state index in [0.717, 1.165) is 0 Å². The van der Waals surface area contributed by atoms with Crippen LogP contribution in [0.15, 0.2) is 18.3 Å². The molecule has 3 heteroatoms. The van der Waals surface area contributed by atoms with E-state index in [4.69, 9.17) is 5.73 Å². The molecule has 1 rings (SSSR count). The summed E-state index contributed by atoms with van der Waals surface area (Å²) in [6, 6.07) is 3.32. The van der Waals surface area contributed by atoms with Crippen LogP contribution < -0.4 is 5.73 Å². The normalized spacial score (nSPS) is 11.6. The lowest BCUT2D eigenvalue weighted by Gasteiger charge is -2.17. The van der Waals surface area contributed by atoms with Crippen LogP contribution in [-0.4, -0.2) is 15.6 Å². The van der Waals surface area contributed by atoms with Gasteiger partial charge >= 0.3 is 0 Å². The minimum atomic E-state index is -0.328. The Morgan fingerprint density at radius 2 is 2.25 bits per heavy atom. The minimum absolute atomic E-state index is 0.219. The van der Waals surface area contributed by atoms with Gasteiger partial charge in [0.05, 0.1) is 5.69 Å². The molecule has 66 valence electrons. The van der Waals surface area contributed by atoms with Crippen LogP contribution in [0.25, 0.3) is 0 Å². The predicted octanol–water partition coefficient (Wildman–Crippen LogP) is 1.07. The van der Waals surface area contributed by atoms with Crippen molar-refractivity contribution >= 4 is 0 Å². The van der Waals surface area contributed by atoms with E-state index in [1.54, 1.807) is 18.3 Å². The lowest BCUT2D eigenvalue weighted by Crippen LogP contribution is -2.34. The van der Waals surface area contributed by atoms with Crippen molar-refractivity contribution < 1.29 is 5.11 Å². The van der Waals surface area contributed by atoms with Gasteiger partial charge in [-0.05, 0) is 26.0 Å². The lowest BCUT2D eigenvalue weighted by atomic mass is 9.99. The van der Waals surface area contributed by atoms with E-state index in [2.05, 4.69) is 4.98 Å². The van der Waals surface area contributed by atoms with Crippen LogP contribution in [0, 0.1) is 0 Å². The molecule has 0 bridgehead atoms. The average Bonchev–Trinajstić information content (AvgIpc) is 1.91. The van der Waals surface area contributed by atoms with Gasteiger partial charge in [0.2, 0.25) is 0 Å². The summed E-state index contributed by atoms with van der Waals surface area (Å²) in [5.74, 6) is 0.219. The van der Waals surface area contributed by atoms with E-state index < -0.39 is 0 Å². The van der Waals surface area contributed by atoms with Crippen LogP contribution in [-0.2, 0) is 6.42 Å². The second-order valence-electron chi connectivity index (χ2n) is 3.63. The summed E-state index contributed by atoms with van der Waals surface area (Å²) >= 11 is 0. The van der Waals surface area contributed by atoms with Crippen molar-refractivity contribution in [2.45, 2.75) is 25.8 Å². The number of nitrogens with zero attached hydrogens (tertiary/aromatic N) is 1. The quantitative estimate of drug-likeness (QED) is 0.690. The third-order valence-corrected chi connectivity index (χ3v) is 1.49. The number of rotatable bonds is 2. The molecular weight excluding hydrogens is 152 g/mol. The highest BCUT2D eigenvalue weighted by Gasteiger charge is 2.14. The zero-order valence-corrected chi connectivity index (χ0v) is 7.41. The van der Waals surface area contributed by atoms with Crippen LogP contribution in [0.5, 0.6) is 5.75 Å². The van der Waals surface area contributed by atoms with Crippen molar-refractivity contribution in [2.24, 2.45) is 5.73 Å². The molecule has 0 saturated carbocycles. The molecule has 0 saturated heterocycles. The van der Waals surface area contributed by atoms with Crippen LogP contribution in [0.4, 0.5) is 0 Å². The summed E-state index contributed by atoms with van der Waals surface area (Å²) in [7, 11) is 0. The van der Waals surface area contributed by atoms with Crippen molar-refractivity contribution in [3.8, 4) is 5.75 Å². The Morgan fingerprint density at radius 1 is 1.58 bits per heavy atom. The van der Waals surface area contributed by atoms with Gasteiger partial charge in [-0.2, -0.15) is 0 Å². The van der Waals surface area contributed by atoms with Crippen LogP contribution in [0.2, 0.25) is 0 Å². The molecule has 0 amide bonds. The molecule has 0 fully saturated rings. The zero-order valence-electron chi connectivity index (χ0n) is 7.41. The highest BCUT2D eigenvalue weighted by atomic mass is 16.3. The van der Waals surface area contributed by atoms with Gasteiger partial charge in [-0.3, -0.25) is 4.98 Å². The minimum Gasteiger partial charge on any atom is -0.506 e. The fourth-order valence-electron chi connectivity index (χ4n) is 0.997. The van der Waals surface area contributed by atoms with Crippen molar-refractivity contribution in [2.75, 3.05) is 0 Å². The summed E-state index contributed by atoms with van der Waals surface area (Å²) < 4.78 is 0. The smallest absolute Gasteiger partial charge is 0.137 e. The van der Waals surface area contributed by atoms with Crippen molar-refractivity contribution in [3.05, 3.63) is 24.0 Å². The lowest BCUT2D eigenvalue weighted by molar-refractivity contribution is 0.443. The second kappa shape index (κ2) is 3.11. The van der Waals surface area contributed by atoms with E-state index in [0.29, 0.717) is 12.1 Å². The Hall–Kier alpha value is -1.09. The molecule has 0 atom stereocenters. The largest absolute Gasteiger partial charge is 0.506 e. The van der Waals surface area contributed by atoms with E-state index in [-0.39, 0.29) is 11.3 Å². The molecule has 1 aromatic rings. The summed E-state index contributed by atoms with van der Waals surface area (Å²) in [6.07, 6.45) is 2.24. The molecule has 3 nitrogen and oxygen atoms in total. The van der Waals surface area contributed by atoms with Gasteiger partial charge in [0, 0.05) is 18.2 Å². The Morgan fingerprint density at radius 3 is 2.75 bits per heavy atom. The molecule has 0 aromatic carbocycles. The maximum Gasteiger partial charge on any atom is 0.137 e.